The zero-order chi connectivity index (χ0) is 25.0. The molecule has 2 saturated heterocycles. The van der Waals surface area contributed by atoms with Gasteiger partial charge in [0, 0.05) is 87.0 Å². The molecule has 198 valence electrons. The second-order valence-corrected chi connectivity index (χ2v) is 13.4. The van der Waals surface area contributed by atoms with E-state index in [4.69, 9.17) is 23.2 Å². The highest BCUT2D eigenvalue weighted by atomic mass is 35.5. The minimum atomic E-state index is 0.819. The van der Waals surface area contributed by atoms with Crippen LogP contribution in [0.5, 0.6) is 0 Å². The summed E-state index contributed by atoms with van der Waals surface area (Å²) in [5.74, 6) is 2.53. The third kappa shape index (κ3) is 10.4. The second-order valence-electron chi connectivity index (χ2n) is 9.84. The average Bonchev–Trinajstić information content (AvgIpc) is 2.90. The summed E-state index contributed by atoms with van der Waals surface area (Å²) in [6.45, 7) is 14.0. The third-order valence-corrected chi connectivity index (χ3v) is 10.1. The molecule has 0 aliphatic carbocycles. The van der Waals surface area contributed by atoms with E-state index in [1.54, 1.807) is 0 Å². The van der Waals surface area contributed by atoms with Gasteiger partial charge in [-0.25, -0.2) is 0 Å². The minimum Gasteiger partial charge on any atom is -0.301 e. The summed E-state index contributed by atoms with van der Waals surface area (Å²) in [6, 6.07) is 16.6. The van der Waals surface area contributed by atoms with Crippen LogP contribution in [-0.2, 0) is 13.1 Å². The van der Waals surface area contributed by atoms with Crippen molar-refractivity contribution in [3.8, 4) is 0 Å². The monoisotopic (exact) mass is 566 g/mol. The highest BCUT2D eigenvalue weighted by Crippen LogP contribution is 2.23. The maximum atomic E-state index is 6.00. The Morgan fingerprint density at radius 1 is 0.500 bits per heavy atom. The van der Waals surface area contributed by atoms with Gasteiger partial charge >= 0.3 is 0 Å². The average molecular weight is 568 g/mol. The van der Waals surface area contributed by atoms with Gasteiger partial charge in [-0.05, 0) is 61.3 Å². The predicted octanol–water partition coefficient (Wildman–Crippen LogP) is 6.09. The molecule has 0 spiro atoms. The predicted molar refractivity (Wildman–Crippen MR) is 160 cm³/mol. The van der Waals surface area contributed by atoms with Crippen molar-refractivity contribution in [2.75, 3.05) is 77.0 Å². The quantitative estimate of drug-likeness (QED) is 0.213. The lowest BCUT2D eigenvalue weighted by Gasteiger charge is -2.34. The maximum absolute atomic E-state index is 6.00. The van der Waals surface area contributed by atoms with Gasteiger partial charge in [-0.2, -0.15) is 0 Å². The van der Waals surface area contributed by atoms with E-state index >= 15 is 0 Å². The van der Waals surface area contributed by atoms with Crippen LogP contribution in [0.25, 0.3) is 0 Å². The lowest BCUT2D eigenvalue weighted by atomic mass is 10.2. The molecule has 2 fully saturated rings. The molecule has 0 atom stereocenters. The molecule has 2 aliphatic rings. The van der Waals surface area contributed by atoms with Gasteiger partial charge in [-0.1, -0.05) is 69.1 Å². The Bertz CT molecular complexity index is 795. The van der Waals surface area contributed by atoms with Crippen LogP contribution < -0.4 is 0 Å². The second kappa shape index (κ2) is 15.8. The van der Waals surface area contributed by atoms with E-state index < -0.39 is 0 Å². The van der Waals surface area contributed by atoms with Crippen LogP contribution in [0.4, 0.5) is 0 Å². The van der Waals surface area contributed by atoms with Crippen molar-refractivity contribution in [2.45, 2.75) is 25.9 Å². The van der Waals surface area contributed by atoms with Gasteiger partial charge in [0.05, 0.1) is 0 Å². The van der Waals surface area contributed by atoms with Crippen molar-refractivity contribution in [3.05, 3.63) is 69.7 Å². The SMILES string of the molecule is Clc1ccc(CN2CCN(CCCSSCCCN3CCN(Cc4ccc(Cl)cc4)CC3)CC2)cc1. The lowest BCUT2D eigenvalue weighted by molar-refractivity contribution is 0.127. The van der Waals surface area contributed by atoms with Crippen LogP contribution in [-0.4, -0.2) is 96.6 Å². The molecule has 4 nitrogen and oxygen atoms in total. The fraction of sp³-hybridized carbons (Fsp3) is 0.571. The van der Waals surface area contributed by atoms with Gasteiger partial charge in [-0.15, -0.1) is 0 Å². The molecule has 0 N–H and O–H groups in total. The first-order chi connectivity index (χ1) is 17.6. The molecule has 36 heavy (non-hydrogen) atoms. The molecule has 0 radical (unpaired) electrons. The van der Waals surface area contributed by atoms with Crippen molar-refractivity contribution < 1.29 is 0 Å². The summed E-state index contributed by atoms with van der Waals surface area (Å²) in [6.07, 6.45) is 2.59. The Kier molecular flexibility index (Phi) is 12.6. The molecule has 2 aliphatic heterocycles. The molecule has 0 saturated carbocycles. The number of nitrogens with zero attached hydrogens (tertiary/aromatic N) is 4. The third-order valence-electron chi connectivity index (χ3n) is 7.06. The highest BCUT2D eigenvalue weighted by Gasteiger charge is 2.17. The van der Waals surface area contributed by atoms with Gasteiger partial charge < -0.3 is 9.80 Å². The minimum absolute atomic E-state index is 0.819. The summed E-state index contributed by atoms with van der Waals surface area (Å²) in [5, 5.41) is 1.64. The van der Waals surface area contributed by atoms with Gasteiger partial charge in [0.1, 0.15) is 0 Å². The number of hydrogen-bond acceptors (Lipinski definition) is 6. The zero-order valence-electron chi connectivity index (χ0n) is 21.3. The molecular formula is C28H40Cl2N4S2. The first-order valence-electron chi connectivity index (χ1n) is 13.3. The molecule has 8 heteroatoms. The van der Waals surface area contributed by atoms with Gasteiger partial charge in [0.25, 0.3) is 0 Å². The van der Waals surface area contributed by atoms with Crippen molar-refractivity contribution in [1.82, 2.24) is 19.6 Å². The van der Waals surface area contributed by atoms with E-state index in [1.807, 2.05) is 24.3 Å². The molecule has 0 bridgehead atoms. The first kappa shape index (κ1) is 28.6. The molecule has 2 aromatic carbocycles. The standard InChI is InChI=1S/C28H40Cl2N4S2/c29-27-7-3-25(4-8-27)23-33-17-13-31(14-18-33)11-1-21-35-36-22-2-12-32-15-19-34(20-16-32)24-26-5-9-28(30)10-6-26/h3-10H,1-2,11-24H2. The molecule has 0 amide bonds. The van der Waals surface area contributed by atoms with Crippen molar-refractivity contribution in [3.63, 3.8) is 0 Å². The normalized spacial score (nSPS) is 18.6. The lowest BCUT2D eigenvalue weighted by Crippen LogP contribution is -2.46. The summed E-state index contributed by atoms with van der Waals surface area (Å²) < 4.78 is 0. The van der Waals surface area contributed by atoms with Crippen molar-refractivity contribution >= 4 is 44.8 Å². The summed E-state index contributed by atoms with van der Waals surface area (Å²) >= 11 is 12.0. The van der Waals surface area contributed by atoms with Crippen LogP contribution in [0.1, 0.15) is 24.0 Å². The number of benzene rings is 2. The van der Waals surface area contributed by atoms with E-state index in [9.17, 15) is 0 Å². The largest absolute Gasteiger partial charge is 0.301 e. The number of halogens is 2. The van der Waals surface area contributed by atoms with E-state index in [1.165, 1.54) is 101 Å². The summed E-state index contributed by atoms with van der Waals surface area (Å²) in [5.41, 5.74) is 2.72. The fourth-order valence-electron chi connectivity index (χ4n) is 4.85. The smallest absolute Gasteiger partial charge is 0.0406 e. The Morgan fingerprint density at radius 2 is 0.833 bits per heavy atom. The van der Waals surface area contributed by atoms with E-state index in [0.717, 1.165) is 23.1 Å². The topological polar surface area (TPSA) is 13.0 Å². The Morgan fingerprint density at radius 3 is 1.19 bits per heavy atom. The maximum Gasteiger partial charge on any atom is 0.0406 e. The van der Waals surface area contributed by atoms with Crippen molar-refractivity contribution in [1.29, 1.82) is 0 Å². The van der Waals surface area contributed by atoms with Gasteiger partial charge in [0.2, 0.25) is 0 Å². The van der Waals surface area contributed by atoms with Gasteiger partial charge in [0.15, 0.2) is 0 Å². The molecule has 2 aromatic rings. The Labute approximate surface area is 236 Å². The van der Waals surface area contributed by atoms with Crippen LogP contribution in [0.2, 0.25) is 10.0 Å². The van der Waals surface area contributed by atoms with Crippen molar-refractivity contribution in [2.24, 2.45) is 0 Å². The molecule has 0 unspecified atom stereocenters. The fourth-order valence-corrected chi connectivity index (χ4v) is 7.25. The van der Waals surface area contributed by atoms with E-state index in [0.29, 0.717) is 0 Å². The van der Waals surface area contributed by atoms with Gasteiger partial charge in [-0.3, -0.25) is 9.80 Å². The van der Waals surface area contributed by atoms with Crippen LogP contribution >= 0.6 is 44.8 Å². The molecule has 0 aromatic heterocycles. The van der Waals surface area contributed by atoms with E-state index in [2.05, 4.69) is 65.5 Å². The molecular weight excluding hydrogens is 527 g/mol. The van der Waals surface area contributed by atoms with Crippen LogP contribution in [0, 0.1) is 0 Å². The molecule has 2 heterocycles. The summed E-state index contributed by atoms with van der Waals surface area (Å²) in [4.78, 5) is 10.4. The van der Waals surface area contributed by atoms with Crippen LogP contribution in [0.15, 0.2) is 48.5 Å². The molecule has 4 rings (SSSR count). The number of hydrogen-bond donors (Lipinski definition) is 0. The number of rotatable bonds is 13. The number of piperazine rings is 2. The Balaban J connectivity index is 0.953. The zero-order valence-corrected chi connectivity index (χ0v) is 24.4. The van der Waals surface area contributed by atoms with Crippen LogP contribution in [0.3, 0.4) is 0 Å². The first-order valence-corrected chi connectivity index (χ1v) is 16.5. The summed E-state index contributed by atoms with van der Waals surface area (Å²) in [7, 11) is 4.13. The highest BCUT2D eigenvalue weighted by molar-refractivity contribution is 8.76. The Hall–Kier alpha value is -0.440. The van der Waals surface area contributed by atoms with E-state index in [-0.39, 0.29) is 0 Å².